The van der Waals surface area contributed by atoms with Crippen molar-refractivity contribution >= 4 is 17.3 Å². The van der Waals surface area contributed by atoms with Crippen molar-refractivity contribution in [1.29, 1.82) is 0 Å². The molecule has 2 aromatic heterocycles. The first-order chi connectivity index (χ1) is 11.3. The van der Waals surface area contributed by atoms with Crippen LogP contribution in [0, 0.1) is 0 Å². The fraction of sp³-hybridized carbons (Fsp3) is 0. The number of phenols is 1. The van der Waals surface area contributed by atoms with Gasteiger partial charge < -0.3 is 10.4 Å². The standard InChI is InChI=1S/C17H13N5O/c23-14-8-4-5-12(11-14)16-18-10-9-15-20-17(21-22(15)16)19-13-6-2-1-3-7-13/h1-11,23H,(H,19,21). The summed E-state index contributed by atoms with van der Waals surface area (Å²) < 4.78 is 1.65. The van der Waals surface area contributed by atoms with E-state index in [1.165, 1.54) is 0 Å². The number of hydrogen-bond acceptors (Lipinski definition) is 5. The van der Waals surface area contributed by atoms with Crippen molar-refractivity contribution in [1.82, 2.24) is 19.6 Å². The van der Waals surface area contributed by atoms with Crippen LogP contribution in [0.1, 0.15) is 0 Å². The van der Waals surface area contributed by atoms with Crippen molar-refractivity contribution in [3.8, 4) is 17.1 Å². The summed E-state index contributed by atoms with van der Waals surface area (Å²) in [7, 11) is 0. The van der Waals surface area contributed by atoms with Gasteiger partial charge in [0, 0.05) is 23.5 Å². The Kier molecular flexibility index (Phi) is 3.12. The highest BCUT2D eigenvalue weighted by molar-refractivity contribution is 5.62. The highest BCUT2D eigenvalue weighted by atomic mass is 16.3. The van der Waals surface area contributed by atoms with Crippen molar-refractivity contribution in [2.45, 2.75) is 0 Å². The van der Waals surface area contributed by atoms with E-state index in [1.807, 2.05) is 36.4 Å². The lowest BCUT2D eigenvalue weighted by atomic mass is 10.2. The largest absolute Gasteiger partial charge is 0.508 e. The number of nitrogens with one attached hydrogen (secondary N) is 1. The van der Waals surface area contributed by atoms with Crippen LogP contribution in [0.4, 0.5) is 11.6 Å². The molecular weight excluding hydrogens is 290 g/mol. The number of para-hydroxylation sites is 1. The maximum absolute atomic E-state index is 9.66. The Labute approximate surface area is 132 Å². The quantitative estimate of drug-likeness (QED) is 0.607. The topological polar surface area (TPSA) is 75.3 Å². The maximum atomic E-state index is 9.66. The summed E-state index contributed by atoms with van der Waals surface area (Å²) in [6, 6.07) is 18.4. The van der Waals surface area contributed by atoms with Gasteiger partial charge in [0.1, 0.15) is 5.75 Å². The zero-order valence-electron chi connectivity index (χ0n) is 12.1. The summed E-state index contributed by atoms with van der Waals surface area (Å²) in [5.74, 6) is 1.29. The fourth-order valence-corrected chi connectivity index (χ4v) is 2.36. The zero-order valence-corrected chi connectivity index (χ0v) is 12.1. The molecule has 2 N–H and O–H groups in total. The van der Waals surface area contributed by atoms with E-state index in [9.17, 15) is 5.11 Å². The predicted molar refractivity (Wildman–Crippen MR) is 87.6 cm³/mol. The van der Waals surface area contributed by atoms with Gasteiger partial charge in [-0.3, -0.25) is 0 Å². The number of phenolic OH excluding ortho intramolecular Hbond substituents is 1. The van der Waals surface area contributed by atoms with Gasteiger partial charge in [0.25, 0.3) is 0 Å². The predicted octanol–water partition coefficient (Wildman–Crippen LogP) is 3.24. The van der Waals surface area contributed by atoms with E-state index in [0.29, 0.717) is 17.4 Å². The molecule has 0 fully saturated rings. The molecular formula is C17H13N5O. The van der Waals surface area contributed by atoms with E-state index in [0.717, 1.165) is 11.3 Å². The smallest absolute Gasteiger partial charge is 0.247 e. The highest BCUT2D eigenvalue weighted by Crippen LogP contribution is 2.22. The normalized spacial score (nSPS) is 10.8. The second kappa shape index (κ2) is 5.42. The molecule has 2 heterocycles. The van der Waals surface area contributed by atoms with Crippen LogP contribution >= 0.6 is 0 Å². The summed E-state index contributed by atoms with van der Waals surface area (Å²) in [6.07, 6.45) is 1.68. The molecule has 23 heavy (non-hydrogen) atoms. The molecule has 6 nitrogen and oxygen atoms in total. The minimum Gasteiger partial charge on any atom is -0.508 e. The molecule has 112 valence electrons. The Morgan fingerprint density at radius 3 is 2.65 bits per heavy atom. The Morgan fingerprint density at radius 1 is 0.957 bits per heavy atom. The summed E-state index contributed by atoms with van der Waals surface area (Å²) in [5.41, 5.74) is 2.36. The van der Waals surface area contributed by atoms with Crippen LogP contribution in [0.5, 0.6) is 5.75 Å². The first-order valence-electron chi connectivity index (χ1n) is 7.13. The molecule has 4 rings (SSSR count). The van der Waals surface area contributed by atoms with Crippen LogP contribution in [0.2, 0.25) is 0 Å². The molecule has 0 atom stereocenters. The summed E-state index contributed by atoms with van der Waals surface area (Å²) >= 11 is 0. The van der Waals surface area contributed by atoms with E-state index in [-0.39, 0.29) is 5.75 Å². The van der Waals surface area contributed by atoms with Gasteiger partial charge in [0.2, 0.25) is 5.95 Å². The molecule has 0 bridgehead atoms. The second-order valence-electron chi connectivity index (χ2n) is 5.02. The van der Waals surface area contributed by atoms with Crippen LogP contribution in [0.15, 0.2) is 66.9 Å². The van der Waals surface area contributed by atoms with Crippen molar-refractivity contribution < 1.29 is 5.11 Å². The number of hydrogen-bond donors (Lipinski definition) is 2. The van der Waals surface area contributed by atoms with Crippen molar-refractivity contribution in [3.63, 3.8) is 0 Å². The molecule has 6 heteroatoms. The number of nitrogens with zero attached hydrogens (tertiary/aromatic N) is 4. The van der Waals surface area contributed by atoms with Gasteiger partial charge in [-0.15, -0.1) is 5.10 Å². The average molecular weight is 303 g/mol. The summed E-state index contributed by atoms with van der Waals surface area (Å²) in [4.78, 5) is 8.82. The Morgan fingerprint density at radius 2 is 1.83 bits per heavy atom. The lowest BCUT2D eigenvalue weighted by molar-refractivity contribution is 0.475. The van der Waals surface area contributed by atoms with Crippen molar-refractivity contribution in [2.24, 2.45) is 0 Å². The number of rotatable bonds is 3. The lowest BCUT2D eigenvalue weighted by Gasteiger charge is -2.03. The first kappa shape index (κ1) is 13.3. The van der Waals surface area contributed by atoms with Crippen molar-refractivity contribution in [2.75, 3.05) is 5.32 Å². The molecule has 0 aliphatic carbocycles. The minimum atomic E-state index is 0.184. The SMILES string of the molecule is Oc1cccc(-c2nccc3nc(Nc4ccccc4)nn23)c1. The van der Waals surface area contributed by atoms with Crippen LogP contribution in [-0.4, -0.2) is 24.7 Å². The molecule has 0 aliphatic heterocycles. The molecule has 2 aromatic carbocycles. The molecule has 0 saturated carbocycles. The maximum Gasteiger partial charge on any atom is 0.247 e. The molecule has 0 spiro atoms. The van der Waals surface area contributed by atoms with Crippen LogP contribution in [0.3, 0.4) is 0 Å². The van der Waals surface area contributed by atoms with E-state index in [1.54, 1.807) is 35.0 Å². The van der Waals surface area contributed by atoms with Crippen molar-refractivity contribution in [3.05, 3.63) is 66.9 Å². The van der Waals surface area contributed by atoms with E-state index in [2.05, 4.69) is 20.4 Å². The molecule has 0 unspecified atom stereocenters. The number of fused-ring (bicyclic) bond motifs is 1. The third kappa shape index (κ3) is 2.57. The third-order valence-electron chi connectivity index (χ3n) is 3.39. The highest BCUT2D eigenvalue weighted by Gasteiger charge is 2.10. The van der Waals surface area contributed by atoms with E-state index < -0.39 is 0 Å². The summed E-state index contributed by atoms with van der Waals surface area (Å²) in [6.45, 7) is 0. The minimum absolute atomic E-state index is 0.184. The molecule has 0 amide bonds. The average Bonchev–Trinajstić information content (AvgIpc) is 2.98. The van der Waals surface area contributed by atoms with Gasteiger partial charge in [0.05, 0.1) is 0 Å². The van der Waals surface area contributed by atoms with Gasteiger partial charge in [0.15, 0.2) is 11.5 Å². The van der Waals surface area contributed by atoms with Gasteiger partial charge in [-0.05, 0) is 24.3 Å². The third-order valence-corrected chi connectivity index (χ3v) is 3.39. The molecule has 0 radical (unpaired) electrons. The van der Waals surface area contributed by atoms with Crippen LogP contribution in [0.25, 0.3) is 17.0 Å². The number of benzene rings is 2. The van der Waals surface area contributed by atoms with Gasteiger partial charge in [-0.25, -0.2) is 4.98 Å². The van der Waals surface area contributed by atoms with Gasteiger partial charge >= 0.3 is 0 Å². The number of anilines is 2. The monoisotopic (exact) mass is 303 g/mol. The Bertz CT molecular complexity index is 965. The van der Waals surface area contributed by atoms with E-state index in [4.69, 9.17) is 0 Å². The van der Waals surface area contributed by atoms with Gasteiger partial charge in [-0.2, -0.15) is 9.50 Å². The molecule has 0 saturated heterocycles. The second-order valence-corrected chi connectivity index (χ2v) is 5.02. The fourth-order valence-electron chi connectivity index (χ4n) is 2.36. The Balaban J connectivity index is 1.79. The van der Waals surface area contributed by atoms with E-state index >= 15 is 0 Å². The zero-order chi connectivity index (χ0) is 15.6. The van der Waals surface area contributed by atoms with Gasteiger partial charge in [-0.1, -0.05) is 30.3 Å². The first-order valence-corrected chi connectivity index (χ1v) is 7.13. The number of aromatic nitrogens is 4. The number of aromatic hydroxyl groups is 1. The molecule has 0 aliphatic rings. The lowest BCUT2D eigenvalue weighted by Crippen LogP contribution is -1.98. The Hall–Kier alpha value is -3.41. The van der Waals surface area contributed by atoms with Crippen LogP contribution in [-0.2, 0) is 0 Å². The van der Waals surface area contributed by atoms with Crippen LogP contribution < -0.4 is 5.32 Å². The summed E-state index contributed by atoms with van der Waals surface area (Å²) in [5, 5.41) is 17.3. The molecule has 4 aromatic rings.